The van der Waals surface area contributed by atoms with Gasteiger partial charge in [-0.2, -0.15) is 0 Å². The zero-order valence-electron chi connectivity index (χ0n) is 11.3. The van der Waals surface area contributed by atoms with Crippen molar-refractivity contribution in [3.05, 3.63) is 40.2 Å². The molecule has 0 unspecified atom stereocenters. The number of aromatic nitrogens is 2. The highest BCUT2D eigenvalue weighted by Gasteiger charge is 2.23. The number of nitrogens with two attached hydrogens (primary N) is 1. The Morgan fingerprint density at radius 2 is 2.25 bits per heavy atom. The molecular weight excluding hydrogens is 272 g/mol. The highest BCUT2D eigenvalue weighted by Crippen LogP contribution is 2.23. The molecule has 0 bridgehead atoms. The number of hydrogen-bond acceptors (Lipinski definition) is 5. The summed E-state index contributed by atoms with van der Waals surface area (Å²) >= 11 is 1.41. The average Bonchev–Trinajstić information content (AvgIpc) is 3.01. The van der Waals surface area contributed by atoms with Gasteiger partial charge in [-0.3, -0.25) is 9.78 Å². The summed E-state index contributed by atoms with van der Waals surface area (Å²) in [5.74, 6) is 0.158. The first-order chi connectivity index (χ1) is 9.61. The molecule has 6 heteroatoms. The first kappa shape index (κ1) is 13.1. The van der Waals surface area contributed by atoms with Gasteiger partial charge < -0.3 is 10.6 Å². The Hall–Kier alpha value is -1.95. The fraction of sp³-hybridized carbons (Fsp3) is 0.357. The maximum atomic E-state index is 12.2. The lowest BCUT2D eigenvalue weighted by atomic mass is 10.2. The van der Waals surface area contributed by atoms with Crippen LogP contribution in [0.1, 0.15) is 28.9 Å². The zero-order chi connectivity index (χ0) is 14.1. The molecular formula is C14H16N4OS. The molecule has 0 saturated carbocycles. The van der Waals surface area contributed by atoms with E-state index in [9.17, 15) is 4.79 Å². The largest absolute Gasteiger partial charge is 0.375 e. The van der Waals surface area contributed by atoms with Crippen molar-refractivity contribution in [2.24, 2.45) is 0 Å². The molecule has 20 heavy (non-hydrogen) atoms. The summed E-state index contributed by atoms with van der Waals surface area (Å²) < 4.78 is 0. The van der Waals surface area contributed by atoms with Crippen LogP contribution in [0.3, 0.4) is 0 Å². The lowest BCUT2D eigenvalue weighted by Gasteiger charge is -2.14. The molecule has 3 rings (SSSR count). The molecule has 1 aliphatic heterocycles. The Bertz CT molecular complexity index is 652. The molecule has 0 aliphatic carbocycles. The normalized spacial score (nSPS) is 13.6. The predicted molar refractivity (Wildman–Crippen MR) is 78.1 cm³/mol. The van der Waals surface area contributed by atoms with Crippen LogP contribution in [0.5, 0.6) is 0 Å². The van der Waals surface area contributed by atoms with Crippen LogP contribution in [0, 0.1) is 6.92 Å². The Morgan fingerprint density at radius 1 is 1.45 bits per heavy atom. The number of fused-ring (bicyclic) bond motifs is 1. The number of anilines is 1. The Balaban J connectivity index is 1.60. The molecule has 104 valence electrons. The van der Waals surface area contributed by atoms with Crippen LogP contribution < -0.4 is 5.73 Å². The number of thiazole rings is 1. The summed E-state index contributed by atoms with van der Waals surface area (Å²) in [7, 11) is 0. The van der Waals surface area contributed by atoms with Crippen LogP contribution >= 0.6 is 11.3 Å². The molecule has 2 N–H and O–H groups in total. The number of amides is 1. The highest BCUT2D eigenvalue weighted by atomic mass is 32.1. The van der Waals surface area contributed by atoms with Gasteiger partial charge in [0.1, 0.15) is 0 Å². The smallest absolute Gasteiger partial charge is 0.223 e. The fourth-order valence-electron chi connectivity index (χ4n) is 2.41. The van der Waals surface area contributed by atoms with Gasteiger partial charge in [0.2, 0.25) is 5.91 Å². The van der Waals surface area contributed by atoms with Gasteiger partial charge in [-0.1, -0.05) is 0 Å². The topological polar surface area (TPSA) is 72.1 Å². The Morgan fingerprint density at radius 3 is 3.00 bits per heavy atom. The second-order valence-corrected chi connectivity index (χ2v) is 5.91. The number of nitrogen functional groups attached to an aromatic ring is 1. The van der Waals surface area contributed by atoms with Crippen molar-refractivity contribution in [1.29, 1.82) is 0 Å². The van der Waals surface area contributed by atoms with E-state index in [2.05, 4.69) is 16.0 Å². The Labute approximate surface area is 121 Å². The third-order valence-electron chi connectivity index (χ3n) is 3.46. The monoisotopic (exact) mass is 288 g/mol. The van der Waals surface area contributed by atoms with Gasteiger partial charge in [0, 0.05) is 36.8 Å². The van der Waals surface area contributed by atoms with Crippen LogP contribution in [0.15, 0.2) is 17.6 Å². The van der Waals surface area contributed by atoms with Crippen LogP contribution in [0.2, 0.25) is 0 Å². The van der Waals surface area contributed by atoms with E-state index in [1.807, 2.05) is 23.4 Å². The first-order valence-corrected chi connectivity index (χ1v) is 7.42. The van der Waals surface area contributed by atoms with Crippen molar-refractivity contribution in [3.63, 3.8) is 0 Å². The second-order valence-electron chi connectivity index (χ2n) is 5.02. The summed E-state index contributed by atoms with van der Waals surface area (Å²) in [4.78, 5) is 22.6. The van der Waals surface area contributed by atoms with Crippen LogP contribution in [-0.2, 0) is 24.3 Å². The minimum absolute atomic E-state index is 0.158. The van der Waals surface area contributed by atoms with Crippen molar-refractivity contribution in [3.8, 4) is 0 Å². The molecule has 0 atom stereocenters. The molecule has 0 saturated heterocycles. The minimum Gasteiger partial charge on any atom is -0.375 e. The molecule has 2 aromatic rings. The molecule has 2 aromatic heterocycles. The van der Waals surface area contributed by atoms with E-state index in [4.69, 9.17) is 5.73 Å². The van der Waals surface area contributed by atoms with Crippen molar-refractivity contribution >= 4 is 22.4 Å². The van der Waals surface area contributed by atoms with Gasteiger partial charge >= 0.3 is 0 Å². The predicted octanol–water partition coefficient (Wildman–Crippen LogP) is 1.90. The minimum atomic E-state index is 0.158. The van der Waals surface area contributed by atoms with Gasteiger partial charge in [0.15, 0.2) is 5.13 Å². The van der Waals surface area contributed by atoms with Crippen molar-refractivity contribution in [2.45, 2.75) is 32.9 Å². The summed E-state index contributed by atoms with van der Waals surface area (Å²) in [5.41, 5.74) is 9.84. The van der Waals surface area contributed by atoms with Gasteiger partial charge in [-0.25, -0.2) is 4.98 Å². The van der Waals surface area contributed by atoms with Crippen LogP contribution in [-0.4, -0.2) is 20.8 Å². The summed E-state index contributed by atoms with van der Waals surface area (Å²) in [6.07, 6.45) is 3.00. The van der Waals surface area contributed by atoms with Gasteiger partial charge in [-0.15, -0.1) is 11.3 Å². The van der Waals surface area contributed by atoms with E-state index < -0.39 is 0 Å². The molecule has 1 aliphatic rings. The van der Waals surface area contributed by atoms with E-state index in [0.29, 0.717) is 31.1 Å². The van der Waals surface area contributed by atoms with E-state index >= 15 is 0 Å². The third kappa shape index (κ3) is 2.65. The number of aryl methyl sites for hydroxylation is 2. The van der Waals surface area contributed by atoms with Crippen LogP contribution in [0.25, 0.3) is 0 Å². The molecule has 0 aromatic carbocycles. The van der Waals surface area contributed by atoms with Crippen molar-refractivity contribution in [2.75, 3.05) is 5.73 Å². The van der Waals surface area contributed by atoms with E-state index in [1.54, 1.807) is 0 Å². The number of carbonyl (C=O) groups excluding carboxylic acids is 1. The average molecular weight is 288 g/mol. The number of pyridine rings is 1. The van der Waals surface area contributed by atoms with Crippen molar-refractivity contribution < 1.29 is 4.79 Å². The summed E-state index contributed by atoms with van der Waals surface area (Å²) in [6.45, 7) is 3.33. The lowest BCUT2D eigenvalue weighted by molar-refractivity contribution is -0.131. The molecule has 5 nitrogen and oxygen atoms in total. The Kier molecular flexibility index (Phi) is 3.40. The number of rotatable bonds is 3. The first-order valence-electron chi connectivity index (χ1n) is 6.54. The number of carbonyl (C=O) groups is 1. The lowest BCUT2D eigenvalue weighted by Crippen LogP contribution is -2.25. The number of hydrogen-bond donors (Lipinski definition) is 1. The molecule has 3 heterocycles. The quantitative estimate of drug-likeness (QED) is 0.936. The second kappa shape index (κ2) is 5.20. The highest BCUT2D eigenvalue weighted by molar-refractivity contribution is 7.13. The van der Waals surface area contributed by atoms with E-state index in [0.717, 1.165) is 17.0 Å². The maximum Gasteiger partial charge on any atom is 0.223 e. The van der Waals surface area contributed by atoms with Gasteiger partial charge in [-0.05, 0) is 30.5 Å². The van der Waals surface area contributed by atoms with Gasteiger partial charge in [0.25, 0.3) is 0 Å². The SMILES string of the molecule is Cc1cc2c(cn1)CN(C(=O)CCc1csc(N)n1)C2. The molecule has 0 spiro atoms. The summed E-state index contributed by atoms with van der Waals surface area (Å²) in [6, 6.07) is 2.06. The third-order valence-corrected chi connectivity index (χ3v) is 4.18. The van der Waals surface area contributed by atoms with E-state index in [-0.39, 0.29) is 5.91 Å². The number of nitrogens with zero attached hydrogens (tertiary/aromatic N) is 3. The molecule has 0 radical (unpaired) electrons. The fourth-order valence-corrected chi connectivity index (χ4v) is 3.01. The molecule has 0 fully saturated rings. The van der Waals surface area contributed by atoms with E-state index in [1.165, 1.54) is 16.9 Å². The summed E-state index contributed by atoms with van der Waals surface area (Å²) in [5, 5.41) is 2.47. The van der Waals surface area contributed by atoms with Crippen molar-refractivity contribution in [1.82, 2.24) is 14.9 Å². The zero-order valence-corrected chi connectivity index (χ0v) is 12.1. The maximum absolute atomic E-state index is 12.2. The molecule has 1 amide bonds. The standard InChI is InChI=1S/C14H16N4OS/c1-9-4-10-6-18(7-11(10)5-16-9)13(19)3-2-12-8-20-14(15)17-12/h4-5,8H,2-3,6-7H2,1H3,(H2,15,17). The van der Waals surface area contributed by atoms with Crippen LogP contribution in [0.4, 0.5) is 5.13 Å². The van der Waals surface area contributed by atoms with Gasteiger partial charge in [0.05, 0.1) is 5.69 Å².